The molecule has 1 heterocycles. The molecule has 1 aromatic carbocycles. The molecule has 0 atom stereocenters. The summed E-state index contributed by atoms with van der Waals surface area (Å²) in [5, 5.41) is 2.09. The van der Waals surface area contributed by atoms with Crippen molar-refractivity contribution in [1.82, 2.24) is 9.97 Å². The van der Waals surface area contributed by atoms with Crippen molar-refractivity contribution in [3.05, 3.63) is 42.6 Å². The summed E-state index contributed by atoms with van der Waals surface area (Å²) in [6, 6.07) is 2.44. The average molecular weight is 534 g/mol. The molecule has 36 heavy (non-hydrogen) atoms. The minimum atomic E-state index is -4.96. The maximum atomic E-state index is 12.8. The number of hydrogen-bond donors (Lipinski definition) is 1. The van der Waals surface area contributed by atoms with Gasteiger partial charge < -0.3 is 14.2 Å². The minimum absolute atomic E-state index is 0.0214. The number of carbonyl (C=O) groups excluding carboxylic acids is 1. The lowest BCUT2D eigenvalue weighted by molar-refractivity contribution is -0.274. The summed E-state index contributed by atoms with van der Waals surface area (Å²) >= 11 is 0. The van der Waals surface area contributed by atoms with Crippen LogP contribution in [0, 0.1) is 0 Å². The van der Waals surface area contributed by atoms with Crippen LogP contribution < -0.4 is 24.4 Å². The molecular weight excluding hydrogens is 519 g/mol. The van der Waals surface area contributed by atoms with E-state index in [-0.39, 0.29) is 11.4 Å². The normalized spacial score (nSPS) is 12.1. The smallest absolute Gasteiger partial charge is 0.468 e. The number of benzene rings is 1. The van der Waals surface area contributed by atoms with Gasteiger partial charge in [0.1, 0.15) is 11.6 Å². The first kappa shape index (κ1) is 28.3. The predicted octanol–water partition coefficient (Wildman–Crippen LogP) is 5.83. The van der Waals surface area contributed by atoms with Crippen LogP contribution in [0.3, 0.4) is 0 Å². The molecule has 0 bridgehead atoms. The zero-order chi connectivity index (χ0) is 27.3. The molecule has 0 spiro atoms. The average Bonchev–Trinajstić information content (AvgIpc) is 2.70. The molecule has 1 aromatic heterocycles. The van der Waals surface area contributed by atoms with E-state index in [0.717, 1.165) is 29.2 Å². The van der Waals surface area contributed by atoms with Gasteiger partial charge in [0.2, 0.25) is 5.88 Å². The minimum Gasteiger partial charge on any atom is -0.468 e. The monoisotopic (exact) mass is 534 g/mol. The molecule has 0 saturated heterocycles. The first-order chi connectivity index (χ1) is 16.4. The number of amides is 2. The molecule has 0 aliphatic heterocycles. The number of allylic oxidation sites excluding steroid dienone is 1. The predicted molar refractivity (Wildman–Crippen MR) is 105 cm³/mol. The fourth-order valence-corrected chi connectivity index (χ4v) is 2.38. The summed E-state index contributed by atoms with van der Waals surface area (Å²) in [4.78, 5) is 20.4. The van der Waals surface area contributed by atoms with Crippen LogP contribution in [-0.2, 0) is 0 Å². The van der Waals surface area contributed by atoms with Gasteiger partial charge in [0, 0.05) is 11.8 Å². The third kappa shape index (κ3) is 9.75. The summed E-state index contributed by atoms with van der Waals surface area (Å²) in [5.41, 5.74) is -0.00111. The van der Waals surface area contributed by atoms with Gasteiger partial charge in [-0.2, -0.15) is 36.3 Å². The SMILES string of the molecule is C=C(C)N(C(=O)Nc1cc(OCC(F)(F)F)nc(OCC(F)(F)F)n1)c1ccc(OC(F)(F)F)cc1. The second kappa shape index (κ2) is 10.8. The molecule has 0 unspecified atom stereocenters. The quantitative estimate of drug-likeness (QED) is 0.429. The lowest BCUT2D eigenvalue weighted by atomic mass is 10.2. The number of nitrogens with zero attached hydrogens (tertiary/aromatic N) is 3. The summed E-state index contributed by atoms with van der Waals surface area (Å²) in [5.74, 6) is -2.08. The van der Waals surface area contributed by atoms with Crippen molar-refractivity contribution in [2.45, 2.75) is 25.6 Å². The highest BCUT2D eigenvalue weighted by Gasteiger charge is 2.32. The largest absolute Gasteiger partial charge is 0.573 e. The molecule has 0 radical (unpaired) electrons. The number of anilines is 2. The Kier molecular flexibility index (Phi) is 8.48. The number of carbonyl (C=O) groups is 1. The van der Waals surface area contributed by atoms with E-state index >= 15 is 0 Å². The molecule has 8 nitrogen and oxygen atoms in total. The Labute approximate surface area is 196 Å². The topological polar surface area (TPSA) is 85.8 Å². The number of aromatic nitrogens is 2. The summed E-state index contributed by atoms with van der Waals surface area (Å²) < 4.78 is 124. The Morgan fingerprint density at radius 1 is 0.944 bits per heavy atom. The van der Waals surface area contributed by atoms with Crippen LogP contribution in [0.15, 0.2) is 42.6 Å². The van der Waals surface area contributed by atoms with Crippen LogP contribution in [-0.4, -0.2) is 47.9 Å². The van der Waals surface area contributed by atoms with E-state index in [1.54, 1.807) is 0 Å². The highest BCUT2D eigenvalue weighted by molar-refractivity contribution is 6.03. The van der Waals surface area contributed by atoms with E-state index in [2.05, 4.69) is 36.1 Å². The third-order valence-electron chi connectivity index (χ3n) is 3.58. The van der Waals surface area contributed by atoms with E-state index in [4.69, 9.17) is 0 Å². The number of nitrogens with one attached hydrogen (secondary N) is 1. The van der Waals surface area contributed by atoms with Crippen molar-refractivity contribution >= 4 is 17.5 Å². The fraction of sp³-hybridized carbons (Fsp3) is 0.316. The van der Waals surface area contributed by atoms with Crippen molar-refractivity contribution in [2.24, 2.45) is 0 Å². The molecule has 2 rings (SSSR count). The van der Waals surface area contributed by atoms with Gasteiger partial charge in [-0.05, 0) is 31.2 Å². The number of halogens is 9. The van der Waals surface area contributed by atoms with E-state index in [9.17, 15) is 44.3 Å². The van der Waals surface area contributed by atoms with Gasteiger partial charge in [0.15, 0.2) is 13.2 Å². The summed E-state index contributed by atoms with van der Waals surface area (Å²) in [6.45, 7) is 1.12. The van der Waals surface area contributed by atoms with Crippen molar-refractivity contribution < 1.29 is 58.5 Å². The highest BCUT2D eigenvalue weighted by atomic mass is 19.4. The Balaban J connectivity index is 2.29. The Morgan fingerprint density at radius 3 is 2.00 bits per heavy atom. The zero-order valence-corrected chi connectivity index (χ0v) is 17.9. The maximum Gasteiger partial charge on any atom is 0.573 e. The number of ether oxygens (including phenoxy) is 3. The van der Waals surface area contributed by atoms with Gasteiger partial charge in [-0.25, -0.2) is 4.79 Å². The molecular formula is C19H15F9N4O4. The van der Waals surface area contributed by atoms with Gasteiger partial charge in [-0.3, -0.25) is 10.2 Å². The second-order valence-corrected chi connectivity index (χ2v) is 6.72. The fourth-order valence-electron chi connectivity index (χ4n) is 2.38. The number of rotatable bonds is 8. The molecule has 2 amide bonds. The van der Waals surface area contributed by atoms with E-state index in [1.165, 1.54) is 6.92 Å². The lowest BCUT2D eigenvalue weighted by Crippen LogP contribution is -2.33. The van der Waals surface area contributed by atoms with Gasteiger partial charge >= 0.3 is 30.8 Å². The van der Waals surface area contributed by atoms with E-state index in [1.807, 2.05) is 0 Å². The van der Waals surface area contributed by atoms with Crippen LogP contribution in [0.25, 0.3) is 0 Å². The van der Waals surface area contributed by atoms with Gasteiger partial charge in [0.25, 0.3) is 0 Å². The number of hydrogen-bond acceptors (Lipinski definition) is 6. The van der Waals surface area contributed by atoms with Crippen molar-refractivity contribution in [1.29, 1.82) is 0 Å². The van der Waals surface area contributed by atoms with Gasteiger partial charge in [0.05, 0.1) is 5.69 Å². The summed E-state index contributed by atoms with van der Waals surface area (Å²) in [6.07, 6.45) is -14.6. The summed E-state index contributed by atoms with van der Waals surface area (Å²) in [7, 11) is 0. The first-order valence-electron chi connectivity index (χ1n) is 9.32. The highest BCUT2D eigenvalue weighted by Crippen LogP contribution is 2.28. The van der Waals surface area contributed by atoms with Crippen LogP contribution in [0.1, 0.15) is 6.92 Å². The second-order valence-electron chi connectivity index (χ2n) is 6.72. The van der Waals surface area contributed by atoms with Crippen LogP contribution in [0.5, 0.6) is 17.6 Å². The van der Waals surface area contributed by atoms with Crippen LogP contribution in [0.2, 0.25) is 0 Å². The lowest BCUT2D eigenvalue weighted by Gasteiger charge is -2.23. The first-order valence-corrected chi connectivity index (χ1v) is 9.32. The molecule has 2 aromatic rings. The Bertz CT molecular complexity index is 1030. The zero-order valence-electron chi connectivity index (χ0n) is 17.9. The van der Waals surface area contributed by atoms with Crippen molar-refractivity contribution in [3.63, 3.8) is 0 Å². The number of urea groups is 1. The molecule has 17 heteroatoms. The molecule has 0 saturated carbocycles. The molecule has 0 aliphatic rings. The van der Waals surface area contributed by atoms with E-state index in [0.29, 0.717) is 6.07 Å². The standard InChI is InChI=1S/C19H15F9N4O4/c1-10(2)32(11-3-5-12(6-4-11)36-19(26,27)28)16(33)30-13-7-14(34-8-17(20,21)22)31-15(29-13)35-9-18(23,24)25/h3-7H,1,8-9H2,2H3,(H,29,30,31,33). The molecule has 198 valence electrons. The maximum absolute atomic E-state index is 12.8. The molecule has 1 N–H and O–H groups in total. The van der Waals surface area contributed by atoms with Gasteiger partial charge in [-0.1, -0.05) is 6.58 Å². The van der Waals surface area contributed by atoms with Crippen LogP contribution in [0.4, 0.5) is 55.8 Å². The molecule has 0 aliphatic carbocycles. The number of alkyl halides is 9. The third-order valence-corrected chi connectivity index (χ3v) is 3.58. The van der Waals surface area contributed by atoms with Gasteiger partial charge in [-0.15, -0.1) is 13.2 Å². The Hall–Kier alpha value is -3.92. The van der Waals surface area contributed by atoms with Crippen molar-refractivity contribution in [3.8, 4) is 17.6 Å². The van der Waals surface area contributed by atoms with E-state index < -0.39 is 61.4 Å². The molecule has 0 fully saturated rings. The van der Waals surface area contributed by atoms with Crippen LogP contribution >= 0.6 is 0 Å². The Morgan fingerprint density at radius 2 is 1.50 bits per heavy atom. The van der Waals surface area contributed by atoms with Crippen molar-refractivity contribution in [2.75, 3.05) is 23.4 Å².